The SMILES string of the molecule is CCC(C)Sc1ccc(NC(=O)NCc2cc(OC)c(OC)c(OC)c2)c(C)c1. The molecule has 2 amide bonds. The third-order valence-corrected chi connectivity index (χ3v) is 5.80. The molecule has 0 heterocycles. The number of carbonyl (C=O) groups excluding carboxylic acids is 1. The van der Waals surface area contributed by atoms with E-state index in [2.05, 4.69) is 30.5 Å². The van der Waals surface area contributed by atoms with Gasteiger partial charge in [0.1, 0.15) is 0 Å². The quantitative estimate of drug-likeness (QED) is 0.546. The summed E-state index contributed by atoms with van der Waals surface area (Å²) in [7, 11) is 4.68. The number of anilines is 1. The van der Waals surface area contributed by atoms with Crippen LogP contribution < -0.4 is 24.8 Å². The molecule has 0 fully saturated rings. The number of nitrogens with one attached hydrogen (secondary N) is 2. The van der Waals surface area contributed by atoms with Crippen molar-refractivity contribution in [3.8, 4) is 17.2 Å². The molecule has 0 aromatic heterocycles. The number of hydrogen-bond donors (Lipinski definition) is 2. The number of hydrogen-bond acceptors (Lipinski definition) is 5. The second-order valence-corrected chi connectivity index (χ2v) is 8.17. The van der Waals surface area contributed by atoms with Crippen LogP contribution >= 0.6 is 11.8 Å². The van der Waals surface area contributed by atoms with Gasteiger partial charge in [-0.1, -0.05) is 13.8 Å². The molecule has 0 aliphatic rings. The van der Waals surface area contributed by atoms with E-state index in [1.165, 1.54) is 4.90 Å². The number of aryl methyl sites for hydroxylation is 1. The van der Waals surface area contributed by atoms with Crippen molar-refractivity contribution in [2.24, 2.45) is 0 Å². The summed E-state index contributed by atoms with van der Waals surface area (Å²) in [4.78, 5) is 13.6. The largest absolute Gasteiger partial charge is 0.493 e. The predicted octanol–water partition coefficient (Wildman–Crippen LogP) is 5.23. The highest BCUT2D eigenvalue weighted by molar-refractivity contribution is 7.99. The summed E-state index contributed by atoms with van der Waals surface area (Å²) in [5.74, 6) is 1.62. The normalized spacial score (nSPS) is 11.5. The first kappa shape index (κ1) is 22.7. The summed E-state index contributed by atoms with van der Waals surface area (Å²) in [6.45, 7) is 6.71. The standard InChI is InChI=1S/C22H30N2O4S/c1-7-15(3)29-17-8-9-18(14(2)10-17)24-22(25)23-13-16-11-19(26-4)21(28-6)20(12-16)27-5/h8-12,15H,7,13H2,1-6H3,(H2,23,24,25). The minimum Gasteiger partial charge on any atom is -0.493 e. The molecule has 1 unspecified atom stereocenters. The van der Waals surface area contributed by atoms with E-state index in [-0.39, 0.29) is 6.03 Å². The van der Waals surface area contributed by atoms with Gasteiger partial charge in [0.05, 0.1) is 21.3 Å². The van der Waals surface area contributed by atoms with Crippen molar-refractivity contribution in [2.75, 3.05) is 26.6 Å². The van der Waals surface area contributed by atoms with Gasteiger partial charge in [-0.3, -0.25) is 0 Å². The van der Waals surface area contributed by atoms with Gasteiger partial charge in [0.25, 0.3) is 0 Å². The second kappa shape index (κ2) is 10.9. The number of ether oxygens (including phenoxy) is 3. The average molecular weight is 419 g/mol. The molecule has 2 aromatic rings. The van der Waals surface area contributed by atoms with Gasteiger partial charge in [-0.05, 0) is 54.8 Å². The monoisotopic (exact) mass is 418 g/mol. The molecular formula is C22H30N2O4S. The Kier molecular flexibility index (Phi) is 8.51. The molecular weight excluding hydrogens is 388 g/mol. The van der Waals surface area contributed by atoms with E-state index < -0.39 is 0 Å². The van der Waals surface area contributed by atoms with Gasteiger partial charge >= 0.3 is 6.03 Å². The molecule has 0 aliphatic carbocycles. The number of methoxy groups -OCH3 is 3. The van der Waals surface area contributed by atoms with Crippen LogP contribution in [0.1, 0.15) is 31.4 Å². The highest BCUT2D eigenvalue weighted by atomic mass is 32.2. The van der Waals surface area contributed by atoms with E-state index in [4.69, 9.17) is 14.2 Å². The molecule has 7 heteroatoms. The van der Waals surface area contributed by atoms with Gasteiger partial charge in [0.15, 0.2) is 11.5 Å². The number of thioether (sulfide) groups is 1. The van der Waals surface area contributed by atoms with Gasteiger partial charge in [-0.2, -0.15) is 0 Å². The fourth-order valence-electron chi connectivity index (χ4n) is 2.75. The van der Waals surface area contributed by atoms with Crippen LogP contribution in [0.5, 0.6) is 17.2 Å². The van der Waals surface area contributed by atoms with Crippen LogP contribution in [0.2, 0.25) is 0 Å². The van der Waals surface area contributed by atoms with Gasteiger partial charge < -0.3 is 24.8 Å². The van der Waals surface area contributed by atoms with Crippen molar-refractivity contribution in [1.82, 2.24) is 5.32 Å². The first-order valence-electron chi connectivity index (χ1n) is 9.52. The Morgan fingerprint density at radius 2 is 1.72 bits per heavy atom. The van der Waals surface area contributed by atoms with Crippen LogP contribution in [0, 0.1) is 6.92 Å². The number of carbonyl (C=O) groups is 1. The van der Waals surface area contributed by atoms with Crippen LogP contribution in [0.25, 0.3) is 0 Å². The lowest BCUT2D eigenvalue weighted by Gasteiger charge is -2.15. The summed E-state index contributed by atoms with van der Waals surface area (Å²) in [6, 6.07) is 9.44. The Morgan fingerprint density at radius 3 is 2.24 bits per heavy atom. The van der Waals surface area contributed by atoms with Crippen LogP contribution in [-0.2, 0) is 6.54 Å². The lowest BCUT2D eigenvalue weighted by Crippen LogP contribution is -2.28. The fourth-order valence-corrected chi connectivity index (χ4v) is 3.77. The molecule has 0 radical (unpaired) electrons. The van der Waals surface area contributed by atoms with Crippen molar-refractivity contribution in [2.45, 2.75) is 43.9 Å². The maximum absolute atomic E-state index is 12.4. The summed E-state index contributed by atoms with van der Waals surface area (Å²) < 4.78 is 16.0. The molecule has 0 bridgehead atoms. The Bertz CT molecular complexity index is 817. The highest BCUT2D eigenvalue weighted by Crippen LogP contribution is 2.38. The number of amides is 2. The van der Waals surface area contributed by atoms with Gasteiger partial charge in [0.2, 0.25) is 5.75 Å². The van der Waals surface area contributed by atoms with Crippen LogP contribution in [0.3, 0.4) is 0 Å². The van der Waals surface area contributed by atoms with E-state index in [9.17, 15) is 4.79 Å². The molecule has 29 heavy (non-hydrogen) atoms. The van der Waals surface area contributed by atoms with Crippen molar-refractivity contribution >= 4 is 23.5 Å². The van der Waals surface area contributed by atoms with E-state index in [0.717, 1.165) is 23.2 Å². The van der Waals surface area contributed by atoms with Crippen LogP contribution in [-0.4, -0.2) is 32.6 Å². The number of benzene rings is 2. The number of urea groups is 1. The fraction of sp³-hybridized carbons (Fsp3) is 0.409. The lowest BCUT2D eigenvalue weighted by atomic mass is 10.1. The van der Waals surface area contributed by atoms with Crippen molar-refractivity contribution < 1.29 is 19.0 Å². The van der Waals surface area contributed by atoms with E-state index in [1.807, 2.05) is 43.0 Å². The Labute approximate surface area is 177 Å². The van der Waals surface area contributed by atoms with Crippen LogP contribution in [0.4, 0.5) is 10.5 Å². The zero-order valence-corrected chi connectivity index (χ0v) is 18.7. The van der Waals surface area contributed by atoms with Gasteiger partial charge in [0, 0.05) is 22.4 Å². The molecule has 2 aromatic carbocycles. The third-order valence-electron chi connectivity index (χ3n) is 4.54. The molecule has 158 valence electrons. The highest BCUT2D eigenvalue weighted by Gasteiger charge is 2.14. The van der Waals surface area contributed by atoms with Gasteiger partial charge in [-0.15, -0.1) is 11.8 Å². The molecule has 0 aliphatic heterocycles. The topological polar surface area (TPSA) is 68.8 Å². The lowest BCUT2D eigenvalue weighted by molar-refractivity contribution is 0.251. The molecule has 0 saturated carbocycles. The Hall–Kier alpha value is -2.54. The predicted molar refractivity (Wildman–Crippen MR) is 119 cm³/mol. The van der Waals surface area contributed by atoms with Crippen molar-refractivity contribution in [3.05, 3.63) is 41.5 Å². The summed E-state index contributed by atoms with van der Waals surface area (Å²) in [5.41, 5.74) is 2.66. The summed E-state index contributed by atoms with van der Waals surface area (Å²) in [5, 5.41) is 6.34. The van der Waals surface area contributed by atoms with E-state index in [1.54, 1.807) is 21.3 Å². The van der Waals surface area contributed by atoms with Crippen molar-refractivity contribution in [1.29, 1.82) is 0 Å². The molecule has 2 N–H and O–H groups in total. The Morgan fingerprint density at radius 1 is 1.07 bits per heavy atom. The molecule has 2 rings (SSSR count). The number of rotatable bonds is 9. The third kappa shape index (κ3) is 6.22. The van der Waals surface area contributed by atoms with Crippen LogP contribution in [0.15, 0.2) is 35.2 Å². The minimum atomic E-state index is -0.274. The van der Waals surface area contributed by atoms with E-state index in [0.29, 0.717) is 29.0 Å². The minimum absolute atomic E-state index is 0.274. The van der Waals surface area contributed by atoms with Crippen molar-refractivity contribution in [3.63, 3.8) is 0 Å². The smallest absolute Gasteiger partial charge is 0.319 e. The maximum Gasteiger partial charge on any atom is 0.319 e. The molecule has 6 nitrogen and oxygen atoms in total. The second-order valence-electron chi connectivity index (χ2n) is 6.65. The summed E-state index contributed by atoms with van der Waals surface area (Å²) >= 11 is 1.84. The average Bonchev–Trinajstić information content (AvgIpc) is 2.73. The molecule has 1 atom stereocenters. The maximum atomic E-state index is 12.4. The first-order valence-corrected chi connectivity index (χ1v) is 10.4. The zero-order valence-electron chi connectivity index (χ0n) is 17.9. The molecule has 0 saturated heterocycles. The van der Waals surface area contributed by atoms with Gasteiger partial charge in [-0.25, -0.2) is 4.79 Å². The van der Waals surface area contributed by atoms with E-state index >= 15 is 0 Å². The zero-order chi connectivity index (χ0) is 21.4. The first-order chi connectivity index (χ1) is 13.9. The summed E-state index contributed by atoms with van der Waals surface area (Å²) in [6.07, 6.45) is 1.12. The Balaban J connectivity index is 2.01. The molecule has 0 spiro atoms.